The van der Waals surface area contributed by atoms with Gasteiger partial charge in [0, 0.05) is 32.8 Å². The van der Waals surface area contributed by atoms with Crippen molar-refractivity contribution in [2.45, 2.75) is 33.4 Å². The Bertz CT molecular complexity index is 354. The zero-order valence-electron chi connectivity index (χ0n) is 11.3. The van der Waals surface area contributed by atoms with Gasteiger partial charge in [0.25, 0.3) is 0 Å². The molecule has 0 atom stereocenters. The van der Waals surface area contributed by atoms with Gasteiger partial charge in [-0.25, -0.2) is 9.97 Å². The van der Waals surface area contributed by atoms with Gasteiger partial charge in [0.2, 0.25) is 0 Å². The topological polar surface area (TPSA) is 50.3 Å². The predicted octanol–water partition coefficient (Wildman–Crippen LogP) is 1.90. The summed E-state index contributed by atoms with van der Waals surface area (Å²) in [6.45, 7) is 7.34. The first-order valence-electron chi connectivity index (χ1n) is 5.94. The molecule has 0 radical (unpaired) electrons. The normalized spacial score (nSPS) is 10.7. The van der Waals surface area contributed by atoms with Crippen molar-refractivity contribution in [3.05, 3.63) is 11.9 Å². The Morgan fingerprint density at radius 3 is 2.65 bits per heavy atom. The molecule has 0 aliphatic rings. The summed E-state index contributed by atoms with van der Waals surface area (Å²) < 4.78 is 5.34. The third-order valence-electron chi connectivity index (χ3n) is 2.59. The molecule has 1 heterocycles. The number of rotatable bonds is 6. The third kappa shape index (κ3) is 3.85. The monoisotopic (exact) mass is 238 g/mol. The zero-order valence-corrected chi connectivity index (χ0v) is 11.3. The van der Waals surface area contributed by atoms with E-state index in [1.807, 2.05) is 27.1 Å². The molecular weight excluding hydrogens is 216 g/mol. The van der Waals surface area contributed by atoms with Crippen LogP contribution in [0.3, 0.4) is 0 Å². The van der Waals surface area contributed by atoms with E-state index in [2.05, 4.69) is 34.0 Å². The second-order valence-electron chi connectivity index (χ2n) is 4.12. The first-order valence-corrected chi connectivity index (χ1v) is 5.94. The summed E-state index contributed by atoms with van der Waals surface area (Å²) in [6.07, 6.45) is 0. The molecule has 0 aliphatic heterocycles. The second kappa shape index (κ2) is 6.39. The number of nitrogens with one attached hydrogen (secondary N) is 1. The van der Waals surface area contributed by atoms with Gasteiger partial charge in [-0.3, -0.25) is 0 Å². The highest BCUT2D eigenvalue weighted by Crippen LogP contribution is 2.16. The number of hydrogen-bond acceptors (Lipinski definition) is 5. The van der Waals surface area contributed by atoms with Crippen molar-refractivity contribution in [2.24, 2.45) is 0 Å². The Labute approximate surface area is 103 Å². The lowest BCUT2D eigenvalue weighted by molar-refractivity contribution is 0.128. The molecule has 0 fully saturated rings. The van der Waals surface area contributed by atoms with E-state index in [9.17, 15) is 0 Å². The van der Waals surface area contributed by atoms with Crippen LogP contribution in [0.1, 0.15) is 26.6 Å². The van der Waals surface area contributed by atoms with Crippen LogP contribution in [0, 0.1) is 0 Å². The van der Waals surface area contributed by atoms with Crippen molar-refractivity contribution in [3.63, 3.8) is 0 Å². The van der Waals surface area contributed by atoms with Gasteiger partial charge in [0.05, 0.1) is 0 Å². The Morgan fingerprint density at radius 2 is 2.12 bits per heavy atom. The summed E-state index contributed by atoms with van der Waals surface area (Å²) in [4.78, 5) is 11.0. The summed E-state index contributed by atoms with van der Waals surface area (Å²) >= 11 is 0. The van der Waals surface area contributed by atoms with E-state index in [0.717, 1.165) is 11.6 Å². The molecule has 17 heavy (non-hydrogen) atoms. The molecule has 1 aromatic heterocycles. The maximum atomic E-state index is 5.34. The maximum Gasteiger partial charge on any atom is 0.158 e. The minimum Gasteiger partial charge on any atom is -0.374 e. The van der Waals surface area contributed by atoms with Crippen molar-refractivity contribution in [1.82, 2.24) is 9.97 Å². The lowest BCUT2D eigenvalue weighted by Gasteiger charge is -2.23. The van der Waals surface area contributed by atoms with E-state index in [4.69, 9.17) is 4.74 Å². The van der Waals surface area contributed by atoms with E-state index in [1.54, 1.807) is 0 Å². The lowest BCUT2D eigenvalue weighted by atomic mass is 10.3. The van der Waals surface area contributed by atoms with Gasteiger partial charge < -0.3 is 15.0 Å². The van der Waals surface area contributed by atoms with Crippen LogP contribution in [-0.4, -0.2) is 36.7 Å². The van der Waals surface area contributed by atoms with Crippen LogP contribution in [0.5, 0.6) is 0 Å². The molecule has 1 N–H and O–H groups in total. The average Bonchev–Trinajstić information content (AvgIpc) is 2.34. The van der Waals surface area contributed by atoms with Gasteiger partial charge in [0.1, 0.15) is 18.2 Å². The van der Waals surface area contributed by atoms with Crippen LogP contribution in [0.15, 0.2) is 6.07 Å². The largest absolute Gasteiger partial charge is 0.374 e. The van der Waals surface area contributed by atoms with E-state index in [-0.39, 0.29) is 0 Å². The highest BCUT2D eigenvalue weighted by Gasteiger charge is 2.10. The molecule has 0 spiro atoms. The summed E-state index contributed by atoms with van der Waals surface area (Å²) in [7, 11) is 3.88. The van der Waals surface area contributed by atoms with E-state index in [0.29, 0.717) is 25.1 Å². The fourth-order valence-corrected chi connectivity index (χ4v) is 1.31. The number of ether oxygens (including phenoxy) is 1. The summed E-state index contributed by atoms with van der Waals surface area (Å²) in [5.41, 5.74) is 0. The molecule has 1 rings (SSSR count). The standard InChI is InChI=1S/C12H22N4O/c1-6-17-8-11-14-10(13-4)7-12(15-11)16(5)9(2)3/h7,9H,6,8H2,1-5H3,(H,13,14,15). The summed E-state index contributed by atoms with van der Waals surface area (Å²) in [6, 6.07) is 2.34. The highest BCUT2D eigenvalue weighted by molar-refractivity contribution is 5.49. The van der Waals surface area contributed by atoms with E-state index < -0.39 is 0 Å². The Hall–Kier alpha value is -1.36. The van der Waals surface area contributed by atoms with Gasteiger partial charge in [-0.05, 0) is 20.8 Å². The Morgan fingerprint density at radius 1 is 1.41 bits per heavy atom. The molecule has 5 heteroatoms. The molecule has 5 nitrogen and oxygen atoms in total. The molecular formula is C12H22N4O. The van der Waals surface area contributed by atoms with E-state index in [1.165, 1.54) is 0 Å². The van der Waals surface area contributed by atoms with Crippen LogP contribution in [0.4, 0.5) is 11.6 Å². The Kier molecular flexibility index (Phi) is 5.15. The number of nitrogens with zero attached hydrogens (tertiary/aromatic N) is 3. The first kappa shape index (κ1) is 13.7. The predicted molar refractivity (Wildman–Crippen MR) is 70.4 cm³/mol. The van der Waals surface area contributed by atoms with Gasteiger partial charge in [-0.1, -0.05) is 0 Å². The maximum absolute atomic E-state index is 5.34. The molecule has 0 amide bonds. The van der Waals surface area contributed by atoms with Crippen molar-refractivity contribution < 1.29 is 4.74 Å². The van der Waals surface area contributed by atoms with Crippen LogP contribution in [0.25, 0.3) is 0 Å². The van der Waals surface area contributed by atoms with Crippen LogP contribution in [0.2, 0.25) is 0 Å². The van der Waals surface area contributed by atoms with E-state index >= 15 is 0 Å². The molecule has 0 aromatic carbocycles. The number of anilines is 2. The quantitative estimate of drug-likeness (QED) is 0.820. The second-order valence-corrected chi connectivity index (χ2v) is 4.12. The number of hydrogen-bond donors (Lipinski definition) is 1. The fourth-order valence-electron chi connectivity index (χ4n) is 1.31. The SMILES string of the molecule is CCOCc1nc(NC)cc(N(C)C(C)C)n1. The highest BCUT2D eigenvalue weighted by atomic mass is 16.5. The average molecular weight is 238 g/mol. The smallest absolute Gasteiger partial charge is 0.158 e. The van der Waals surface area contributed by atoms with Crippen molar-refractivity contribution >= 4 is 11.6 Å². The molecule has 96 valence electrons. The fraction of sp³-hybridized carbons (Fsp3) is 0.667. The third-order valence-corrected chi connectivity index (χ3v) is 2.59. The molecule has 0 bridgehead atoms. The van der Waals surface area contributed by atoms with Gasteiger partial charge >= 0.3 is 0 Å². The van der Waals surface area contributed by atoms with Gasteiger partial charge in [-0.15, -0.1) is 0 Å². The van der Waals surface area contributed by atoms with Crippen molar-refractivity contribution in [2.75, 3.05) is 30.9 Å². The minimum absolute atomic E-state index is 0.398. The van der Waals surface area contributed by atoms with Crippen LogP contribution >= 0.6 is 0 Å². The van der Waals surface area contributed by atoms with Gasteiger partial charge in [0.15, 0.2) is 5.82 Å². The molecule has 0 saturated heterocycles. The molecule has 0 unspecified atom stereocenters. The number of aromatic nitrogens is 2. The lowest BCUT2D eigenvalue weighted by Crippen LogP contribution is -2.27. The van der Waals surface area contributed by atoms with Gasteiger partial charge in [-0.2, -0.15) is 0 Å². The summed E-state index contributed by atoms with van der Waals surface area (Å²) in [5.74, 6) is 2.44. The minimum atomic E-state index is 0.398. The molecule has 1 aromatic rings. The van der Waals surface area contributed by atoms with Crippen molar-refractivity contribution in [3.8, 4) is 0 Å². The van der Waals surface area contributed by atoms with Crippen LogP contribution in [-0.2, 0) is 11.3 Å². The van der Waals surface area contributed by atoms with Crippen LogP contribution < -0.4 is 10.2 Å². The first-order chi connectivity index (χ1) is 8.08. The Balaban J connectivity index is 2.96. The molecule has 0 saturated carbocycles. The van der Waals surface area contributed by atoms with Crippen molar-refractivity contribution in [1.29, 1.82) is 0 Å². The summed E-state index contributed by atoms with van der Waals surface area (Å²) in [5, 5.41) is 3.04. The molecule has 0 aliphatic carbocycles. The zero-order chi connectivity index (χ0) is 12.8.